The van der Waals surface area contributed by atoms with Gasteiger partial charge in [-0.3, -0.25) is 0 Å². The van der Waals surface area contributed by atoms with Gasteiger partial charge < -0.3 is 19.8 Å². The smallest absolute Gasteiger partial charge is 0.512 e. The molecule has 1 rings (SSSR count). The molecule has 0 unspecified atom stereocenters. The lowest BCUT2D eigenvalue weighted by Gasteiger charge is -2.06. The van der Waals surface area contributed by atoms with Crippen molar-refractivity contribution in [3.63, 3.8) is 0 Å². The summed E-state index contributed by atoms with van der Waals surface area (Å²) in [6, 6.07) is 1.07. The number of hydrogen-bond acceptors (Lipinski definition) is 4. The molecule has 0 fully saturated rings. The summed E-state index contributed by atoms with van der Waals surface area (Å²) in [6.45, 7) is 0. The first kappa shape index (κ1) is 11.4. The molecule has 0 aliphatic heterocycles. The molecule has 0 aromatic heterocycles. The van der Waals surface area contributed by atoms with Gasteiger partial charge in [-0.25, -0.2) is 13.6 Å². The fraction of sp³-hybridized carbons (Fsp3) is 0. The zero-order chi connectivity index (χ0) is 11.6. The van der Waals surface area contributed by atoms with Crippen molar-refractivity contribution in [2.24, 2.45) is 0 Å². The van der Waals surface area contributed by atoms with Crippen molar-refractivity contribution in [3.05, 3.63) is 29.3 Å². The fourth-order valence-electron chi connectivity index (χ4n) is 0.944. The molecule has 0 saturated carbocycles. The van der Waals surface area contributed by atoms with Crippen LogP contribution in [-0.2, 0) is 0 Å². The van der Waals surface area contributed by atoms with Gasteiger partial charge in [0.15, 0.2) is 0 Å². The third kappa shape index (κ3) is 2.64. The Kier molecular flexibility index (Phi) is 3.22. The van der Waals surface area contributed by atoms with Gasteiger partial charge in [-0.05, 0) is 0 Å². The highest BCUT2D eigenvalue weighted by Gasteiger charge is 2.20. The summed E-state index contributed by atoms with van der Waals surface area (Å²) in [5.74, 6) is -5.01. The third-order valence-electron chi connectivity index (χ3n) is 1.47. The number of halogens is 2. The lowest BCUT2D eigenvalue weighted by atomic mass is 10.1. The van der Waals surface area contributed by atoms with E-state index in [-0.39, 0.29) is 0 Å². The van der Waals surface area contributed by atoms with Gasteiger partial charge >= 0.3 is 13.3 Å². The van der Waals surface area contributed by atoms with Gasteiger partial charge in [-0.2, -0.15) is 0 Å². The standard InChI is InChI=1S/C7H5BF2O5/c9-4-1-3(15-8(13)14)2-5(10)6(4)7(11)12/h1-2,13-14H,(H,11,12). The molecule has 0 spiro atoms. The molecule has 5 nitrogen and oxygen atoms in total. The van der Waals surface area contributed by atoms with E-state index in [1.807, 2.05) is 0 Å². The molecule has 8 heteroatoms. The second kappa shape index (κ2) is 4.24. The van der Waals surface area contributed by atoms with E-state index in [4.69, 9.17) is 15.2 Å². The van der Waals surface area contributed by atoms with E-state index in [2.05, 4.69) is 4.65 Å². The van der Waals surface area contributed by atoms with E-state index >= 15 is 0 Å². The van der Waals surface area contributed by atoms with Crippen molar-refractivity contribution in [2.45, 2.75) is 0 Å². The van der Waals surface area contributed by atoms with Crippen molar-refractivity contribution in [1.29, 1.82) is 0 Å². The Balaban J connectivity index is 3.14. The lowest BCUT2D eigenvalue weighted by Crippen LogP contribution is -2.21. The zero-order valence-electron chi connectivity index (χ0n) is 7.15. The first-order valence-electron chi connectivity index (χ1n) is 3.67. The Bertz CT molecular complexity index is 372. The van der Waals surface area contributed by atoms with Crippen LogP contribution in [0.1, 0.15) is 10.4 Å². The predicted octanol–water partition coefficient (Wildman–Crippen LogP) is 0.0113. The van der Waals surface area contributed by atoms with Gasteiger partial charge in [-0.15, -0.1) is 0 Å². The van der Waals surface area contributed by atoms with Crippen LogP contribution in [0.4, 0.5) is 8.78 Å². The number of carboxylic acids is 1. The summed E-state index contributed by atoms with van der Waals surface area (Å²) in [5, 5.41) is 25.1. The predicted molar refractivity (Wildman–Crippen MR) is 44.1 cm³/mol. The van der Waals surface area contributed by atoms with E-state index < -0.39 is 36.2 Å². The summed E-state index contributed by atoms with van der Waals surface area (Å²) < 4.78 is 30.0. The maximum absolute atomic E-state index is 12.9. The lowest BCUT2D eigenvalue weighted by molar-refractivity contribution is 0.0686. The van der Waals surface area contributed by atoms with E-state index in [0.29, 0.717) is 12.1 Å². The maximum atomic E-state index is 12.9. The normalized spacial score (nSPS) is 9.87. The molecule has 1 aromatic rings. The van der Waals surface area contributed by atoms with E-state index in [1.165, 1.54) is 0 Å². The van der Waals surface area contributed by atoms with Gasteiger partial charge in [0.05, 0.1) is 0 Å². The largest absolute Gasteiger partial charge is 0.707 e. The topological polar surface area (TPSA) is 87.0 Å². The third-order valence-corrected chi connectivity index (χ3v) is 1.47. The molecule has 0 atom stereocenters. The van der Waals surface area contributed by atoms with E-state index in [1.54, 1.807) is 0 Å². The number of aromatic carboxylic acids is 1. The maximum Gasteiger partial charge on any atom is 0.707 e. The highest BCUT2D eigenvalue weighted by atomic mass is 19.1. The summed E-state index contributed by atoms with van der Waals surface area (Å²) in [7, 11) is -2.24. The Morgan fingerprint density at radius 2 is 1.73 bits per heavy atom. The molecular weight excluding hydrogens is 213 g/mol. The van der Waals surface area contributed by atoms with Crippen LogP contribution in [0, 0.1) is 11.6 Å². The van der Waals surface area contributed by atoms with Crippen LogP contribution < -0.4 is 4.65 Å². The molecular formula is C7H5BF2O5. The quantitative estimate of drug-likeness (QED) is 0.622. The van der Waals surface area contributed by atoms with Crippen molar-refractivity contribution >= 4 is 13.3 Å². The first-order valence-corrected chi connectivity index (χ1v) is 3.67. The molecule has 0 aliphatic carbocycles. The Hall–Kier alpha value is -1.67. The Morgan fingerprint density at radius 1 is 1.27 bits per heavy atom. The number of carboxylic acid groups (broad SMARTS) is 1. The molecule has 0 bridgehead atoms. The van der Waals surface area contributed by atoms with Gasteiger partial charge in [0.1, 0.15) is 22.9 Å². The molecule has 0 saturated heterocycles. The molecule has 1 aromatic carbocycles. The van der Waals surface area contributed by atoms with Crippen LogP contribution in [0.25, 0.3) is 0 Å². The van der Waals surface area contributed by atoms with Crippen molar-refractivity contribution in [2.75, 3.05) is 0 Å². The second-order valence-electron chi connectivity index (χ2n) is 2.51. The van der Waals surface area contributed by atoms with Crippen molar-refractivity contribution < 1.29 is 33.4 Å². The van der Waals surface area contributed by atoms with Crippen LogP contribution in [-0.4, -0.2) is 28.4 Å². The molecule has 3 N–H and O–H groups in total. The van der Waals surface area contributed by atoms with Crippen LogP contribution in [0.2, 0.25) is 0 Å². The fourth-order valence-corrected chi connectivity index (χ4v) is 0.944. The minimum Gasteiger partial charge on any atom is -0.512 e. The average molecular weight is 218 g/mol. The SMILES string of the molecule is O=C(O)c1c(F)cc(OB(O)O)cc1F. The summed E-state index contributed by atoms with van der Waals surface area (Å²) in [5.41, 5.74) is -1.13. The van der Waals surface area contributed by atoms with Crippen molar-refractivity contribution in [3.8, 4) is 5.75 Å². The molecule has 0 heterocycles. The Labute approximate surface area is 82.7 Å². The molecule has 0 amide bonds. The number of carbonyl (C=O) groups is 1. The number of benzene rings is 1. The molecule has 15 heavy (non-hydrogen) atoms. The Morgan fingerprint density at radius 3 is 2.07 bits per heavy atom. The summed E-state index contributed by atoms with van der Waals surface area (Å²) in [6.07, 6.45) is 0. The monoisotopic (exact) mass is 218 g/mol. The minimum absolute atomic E-state index is 0.523. The summed E-state index contributed by atoms with van der Waals surface area (Å²) >= 11 is 0. The zero-order valence-corrected chi connectivity index (χ0v) is 7.15. The van der Waals surface area contributed by atoms with Gasteiger partial charge in [0.25, 0.3) is 0 Å². The van der Waals surface area contributed by atoms with Crippen LogP contribution in [0.3, 0.4) is 0 Å². The van der Waals surface area contributed by atoms with E-state index in [0.717, 1.165) is 0 Å². The van der Waals surface area contributed by atoms with Crippen LogP contribution >= 0.6 is 0 Å². The summed E-state index contributed by atoms with van der Waals surface area (Å²) in [4.78, 5) is 10.4. The number of hydrogen-bond donors (Lipinski definition) is 3. The second-order valence-corrected chi connectivity index (χ2v) is 2.51. The van der Waals surface area contributed by atoms with E-state index in [9.17, 15) is 13.6 Å². The van der Waals surface area contributed by atoms with Crippen LogP contribution in [0.15, 0.2) is 12.1 Å². The van der Waals surface area contributed by atoms with Gasteiger partial charge in [0, 0.05) is 12.1 Å². The van der Waals surface area contributed by atoms with Gasteiger partial charge in [-0.1, -0.05) is 0 Å². The first-order chi connectivity index (χ1) is 6.91. The molecule has 0 aliphatic rings. The molecule has 0 radical (unpaired) electrons. The van der Waals surface area contributed by atoms with Crippen LogP contribution in [0.5, 0.6) is 5.75 Å². The highest BCUT2D eigenvalue weighted by molar-refractivity contribution is 6.33. The van der Waals surface area contributed by atoms with Gasteiger partial charge in [0.2, 0.25) is 0 Å². The highest BCUT2D eigenvalue weighted by Crippen LogP contribution is 2.20. The number of rotatable bonds is 3. The molecule has 80 valence electrons. The average Bonchev–Trinajstić information content (AvgIpc) is 1.99. The minimum atomic E-state index is -2.24. The van der Waals surface area contributed by atoms with Crippen molar-refractivity contribution in [1.82, 2.24) is 0 Å².